The maximum absolute atomic E-state index is 12.6. The van der Waals surface area contributed by atoms with Crippen molar-refractivity contribution >= 4 is 17.5 Å². The number of benzene rings is 3. The minimum atomic E-state index is -4.51. The third-order valence-electron chi connectivity index (χ3n) is 4.85. The molecule has 2 N–H and O–H groups in total. The Bertz CT molecular complexity index is 1110. The second-order valence-corrected chi connectivity index (χ2v) is 7.47. The minimum Gasteiger partial charge on any atom is -0.481 e. The van der Waals surface area contributed by atoms with Crippen LogP contribution in [0.25, 0.3) is 11.1 Å². The lowest BCUT2D eigenvalue weighted by molar-refractivity contribution is -0.123. The van der Waals surface area contributed by atoms with Crippen LogP contribution in [0.15, 0.2) is 72.8 Å². The fraction of sp³-hybridized carbons (Fsp3) is 0.200. The third kappa shape index (κ3) is 6.83. The Morgan fingerprint density at radius 1 is 0.939 bits per heavy atom. The van der Waals surface area contributed by atoms with Crippen molar-refractivity contribution in [1.29, 1.82) is 0 Å². The Labute approximate surface area is 189 Å². The van der Waals surface area contributed by atoms with Gasteiger partial charge in [0, 0.05) is 11.3 Å². The highest BCUT2D eigenvalue weighted by molar-refractivity contribution is 5.98. The molecule has 1 unspecified atom stereocenters. The van der Waals surface area contributed by atoms with E-state index in [1.807, 2.05) is 47.8 Å². The number of alkyl halides is 3. The number of anilines is 1. The summed E-state index contributed by atoms with van der Waals surface area (Å²) >= 11 is 0. The van der Waals surface area contributed by atoms with Crippen molar-refractivity contribution in [1.82, 2.24) is 5.32 Å². The molecule has 0 saturated carbocycles. The minimum absolute atomic E-state index is 0.00484. The average Bonchev–Trinajstić information content (AvgIpc) is 2.79. The standard InChI is InChI=1S/C25H23F3N2O3/c1-16-8-9-20(24(32)29-15-25(26,27)28)14-22(16)30-23(31)17(2)33-21-12-10-19(11-13-21)18-6-4-3-5-7-18/h3-14,17H,15H2,1-2H3,(H,29,32)(H,30,31). The van der Waals surface area contributed by atoms with Crippen LogP contribution >= 0.6 is 0 Å². The normalized spacial score (nSPS) is 12.0. The molecule has 2 amide bonds. The number of rotatable bonds is 7. The van der Waals surface area contributed by atoms with Crippen LogP contribution in [0.5, 0.6) is 5.75 Å². The maximum atomic E-state index is 12.6. The van der Waals surface area contributed by atoms with Gasteiger partial charge < -0.3 is 15.4 Å². The molecule has 172 valence electrons. The zero-order valence-corrected chi connectivity index (χ0v) is 18.1. The number of amides is 2. The molecule has 0 aliphatic heterocycles. The van der Waals surface area contributed by atoms with Gasteiger partial charge in [0.25, 0.3) is 11.8 Å². The van der Waals surface area contributed by atoms with Gasteiger partial charge in [-0.1, -0.05) is 48.5 Å². The molecule has 1 atom stereocenters. The molecule has 0 fully saturated rings. The van der Waals surface area contributed by atoms with Crippen LogP contribution in [0.1, 0.15) is 22.8 Å². The van der Waals surface area contributed by atoms with Gasteiger partial charge in [-0.25, -0.2) is 0 Å². The maximum Gasteiger partial charge on any atom is 0.405 e. The fourth-order valence-corrected chi connectivity index (χ4v) is 3.03. The number of carbonyl (C=O) groups excluding carboxylic acids is 2. The Kier molecular flexibility index (Phi) is 7.37. The molecule has 0 aromatic heterocycles. The van der Waals surface area contributed by atoms with Crippen molar-refractivity contribution in [2.75, 3.05) is 11.9 Å². The number of hydrogen-bond acceptors (Lipinski definition) is 3. The van der Waals surface area contributed by atoms with Gasteiger partial charge in [-0.05, 0) is 54.8 Å². The summed E-state index contributed by atoms with van der Waals surface area (Å²) in [6.45, 7) is 1.85. The van der Waals surface area contributed by atoms with Crippen molar-refractivity contribution in [3.05, 3.63) is 83.9 Å². The Morgan fingerprint density at radius 2 is 1.58 bits per heavy atom. The zero-order chi connectivity index (χ0) is 24.0. The summed E-state index contributed by atoms with van der Waals surface area (Å²) < 4.78 is 42.7. The Morgan fingerprint density at radius 3 is 2.21 bits per heavy atom. The fourth-order valence-electron chi connectivity index (χ4n) is 3.03. The summed E-state index contributed by atoms with van der Waals surface area (Å²) in [5, 5.41) is 4.48. The first-order valence-electron chi connectivity index (χ1n) is 10.2. The third-order valence-corrected chi connectivity index (χ3v) is 4.85. The van der Waals surface area contributed by atoms with E-state index in [1.54, 1.807) is 32.0 Å². The van der Waals surface area contributed by atoms with E-state index in [9.17, 15) is 22.8 Å². The van der Waals surface area contributed by atoms with E-state index in [1.165, 1.54) is 12.1 Å². The van der Waals surface area contributed by atoms with Crippen molar-refractivity contribution < 1.29 is 27.5 Å². The number of hydrogen-bond donors (Lipinski definition) is 2. The summed E-state index contributed by atoms with van der Waals surface area (Å²) in [5.41, 5.74) is 3.04. The summed E-state index contributed by atoms with van der Waals surface area (Å²) in [4.78, 5) is 24.6. The van der Waals surface area contributed by atoms with Crippen molar-refractivity contribution in [2.45, 2.75) is 26.1 Å². The molecule has 3 aromatic carbocycles. The summed E-state index contributed by atoms with van der Waals surface area (Å²) in [5.74, 6) is -0.835. The molecular formula is C25H23F3N2O3. The van der Waals surface area contributed by atoms with Crippen LogP contribution < -0.4 is 15.4 Å². The lowest BCUT2D eigenvalue weighted by atomic mass is 10.1. The number of aryl methyl sites for hydroxylation is 1. The molecule has 0 bridgehead atoms. The molecule has 3 aromatic rings. The van der Waals surface area contributed by atoms with E-state index >= 15 is 0 Å². The molecule has 0 heterocycles. The van der Waals surface area contributed by atoms with E-state index in [0.717, 1.165) is 11.1 Å². The van der Waals surface area contributed by atoms with Gasteiger partial charge >= 0.3 is 6.18 Å². The van der Waals surface area contributed by atoms with Gasteiger partial charge in [0.2, 0.25) is 0 Å². The molecule has 33 heavy (non-hydrogen) atoms. The van der Waals surface area contributed by atoms with Gasteiger partial charge in [0.05, 0.1) is 0 Å². The summed E-state index contributed by atoms with van der Waals surface area (Å²) in [6.07, 6.45) is -5.36. The molecule has 3 rings (SSSR count). The quantitative estimate of drug-likeness (QED) is 0.503. The number of carbonyl (C=O) groups is 2. The first-order valence-corrected chi connectivity index (χ1v) is 10.2. The van der Waals surface area contributed by atoms with Gasteiger partial charge in [0.15, 0.2) is 6.10 Å². The van der Waals surface area contributed by atoms with Gasteiger partial charge in [-0.15, -0.1) is 0 Å². The number of halogens is 3. The van der Waals surface area contributed by atoms with E-state index in [0.29, 0.717) is 17.0 Å². The van der Waals surface area contributed by atoms with Crippen LogP contribution in [0.2, 0.25) is 0 Å². The molecule has 0 aliphatic rings. The second-order valence-electron chi connectivity index (χ2n) is 7.47. The largest absolute Gasteiger partial charge is 0.481 e. The first kappa shape index (κ1) is 23.8. The highest BCUT2D eigenvalue weighted by atomic mass is 19.4. The number of nitrogens with one attached hydrogen (secondary N) is 2. The van der Waals surface area contributed by atoms with E-state index in [2.05, 4.69) is 5.32 Å². The summed E-state index contributed by atoms with van der Waals surface area (Å²) in [7, 11) is 0. The van der Waals surface area contributed by atoms with Gasteiger partial charge in [0.1, 0.15) is 12.3 Å². The molecule has 0 spiro atoms. The molecule has 8 heteroatoms. The first-order chi connectivity index (χ1) is 15.6. The highest BCUT2D eigenvalue weighted by Crippen LogP contribution is 2.23. The smallest absolute Gasteiger partial charge is 0.405 e. The van der Waals surface area contributed by atoms with Crippen LogP contribution in [0.4, 0.5) is 18.9 Å². The monoisotopic (exact) mass is 456 g/mol. The second kappa shape index (κ2) is 10.2. The van der Waals surface area contributed by atoms with Crippen LogP contribution in [0, 0.1) is 6.92 Å². The van der Waals surface area contributed by atoms with Crippen molar-refractivity contribution in [2.24, 2.45) is 0 Å². The highest BCUT2D eigenvalue weighted by Gasteiger charge is 2.28. The molecule has 0 aliphatic carbocycles. The van der Waals surface area contributed by atoms with Crippen LogP contribution in [-0.2, 0) is 4.79 Å². The lowest BCUT2D eigenvalue weighted by Crippen LogP contribution is -2.34. The lowest BCUT2D eigenvalue weighted by Gasteiger charge is -2.17. The predicted octanol–water partition coefficient (Wildman–Crippen LogP) is 5.36. The Hall–Kier alpha value is -3.81. The van der Waals surface area contributed by atoms with Gasteiger partial charge in [-0.3, -0.25) is 9.59 Å². The van der Waals surface area contributed by atoms with Gasteiger partial charge in [-0.2, -0.15) is 13.2 Å². The summed E-state index contributed by atoms with van der Waals surface area (Å²) in [6, 6.07) is 21.4. The topological polar surface area (TPSA) is 67.4 Å². The zero-order valence-electron chi connectivity index (χ0n) is 18.1. The SMILES string of the molecule is Cc1ccc(C(=O)NCC(F)(F)F)cc1NC(=O)C(C)Oc1ccc(-c2ccccc2)cc1. The van der Waals surface area contributed by atoms with Crippen LogP contribution in [-0.4, -0.2) is 30.6 Å². The Balaban J connectivity index is 1.63. The molecule has 0 radical (unpaired) electrons. The van der Waals surface area contributed by atoms with Crippen molar-refractivity contribution in [3.63, 3.8) is 0 Å². The van der Waals surface area contributed by atoms with E-state index < -0.39 is 30.6 Å². The molecular weight excluding hydrogens is 433 g/mol. The molecule has 0 saturated heterocycles. The average molecular weight is 456 g/mol. The number of ether oxygens (including phenoxy) is 1. The van der Waals surface area contributed by atoms with E-state index in [-0.39, 0.29) is 5.56 Å². The van der Waals surface area contributed by atoms with Crippen molar-refractivity contribution in [3.8, 4) is 16.9 Å². The van der Waals surface area contributed by atoms with E-state index in [4.69, 9.17) is 4.74 Å². The van der Waals surface area contributed by atoms with Crippen LogP contribution in [0.3, 0.4) is 0 Å². The molecule has 5 nitrogen and oxygen atoms in total. The predicted molar refractivity (Wildman–Crippen MR) is 120 cm³/mol.